The molecule has 2 aromatic heterocycles. The Morgan fingerprint density at radius 2 is 1.96 bits per heavy atom. The van der Waals surface area contributed by atoms with Gasteiger partial charge in [0.2, 0.25) is 0 Å². The molecule has 0 N–H and O–H groups in total. The summed E-state index contributed by atoms with van der Waals surface area (Å²) in [6.45, 7) is 8.56. The van der Waals surface area contributed by atoms with Crippen molar-refractivity contribution in [1.29, 1.82) is 0 Å². The second kappa shape index (κ2) is 7.09. The van der Waals surface area contributed by atoms with Crippen molar-refractivity contribution in [3.63, 3.8) is 0 Å². The summed E-state index contributed by atoms with van der Waals surface area (Å²) in [4.78, 5) is 15.5. The first kappa shape index (κ1) is 17.2. The number of thiophene rings is 1. The Bertz CT molecular complexity index is 929. The average molecular weight is 362 g/mol. The molecule has 0 aliphatic carbocycles. The van der Waals surface area contributed by atoms with Gasteiger partial charge in [-0.2, -0.15) is 0 Å². The number of nitrogens with zero attached hydrogens (tertiary/aromatic N) is 1. The topological polar surface area (TPSA) is 33.5 Å². The van der Waals surface area contributed by atoms with Gasteiger partial charge in [0.15, 0.2) is 0 Å². The number of hydrogen-bond donors (Lipinski definition) is 0. The Morgan fingerprint density at radius 3 is 2.62 bits per heavy atom. The zero-order valence-electron chi connectivity index (χ0n) is 14.1. The number of rotatable bonds is 5. The minimum Gasteiger partial charge on any atom is -0.422 e. The minimum atomic E-state index is -0.290. The smallest absolute Gasteiger partial charge is 0.336 e. The molecule has 0 bridgehead atoms. The predicted octanol–water partition coefficient (Wildman–Crippen LogP) is 5.15. The normalized spacial score (nSPS) is 11.5. The number of aryl methyl sites for hydroxylation is 2. The molecule has 0 saturated heterocycles. The van der Waals surface area contributed by atoms with Gasteiger partial charge in [0.05, 0.1) is 4.34 Å². The van der Waals surface area contributed by atoms with Crippen LogP contribution in [-0.4, -0.2) is 11.4 Å². The SMILES string of the molecule is CCN(Cc1ccc(Cl)s1)Cc1cc(=O)oc2c(C)c(C)ccc12. The van der Waals surface area contributed by atoms with Crippen LogP contribution in [-0.2, 0) is 13.1 Å². The van der Waals surface area contributed by atoms with Crippen molar-refractivity contribution >= 4 is 33.9 Å². The van der Waals surface area contributed by atoms with E-state index in [0.717, 1.165) is 39.5 Å². The van der Waals surface area contributed by atoms with Crippen LogP contribution in [0.3, 0.4) is 0 Å². The second-order valence-electron chi connectivity index (χ2n) is 5.98. The Balaban J connectivity index is 1.96. The van der Waals surface area contributed by atoms with E-state index in [1.54, 1.807) is 17.4 Å². The molecule has 0 aliphatic rings. The number of hydrogen-bond acceptors (Lipinski definition) is 4. The lowest BCUT2D eigenvalue weighted by Crippen LogP contribution is -2.22. The Morgan fingerprint density at radius 1 is 1.17 bits per heavy atom. The Kier molecular flexibility index (Phi) is 5.09. The van der Waals surface area contributed by atoms with E-state index in [9.17, 15) is 4.79 Å². The van der Waals surface area contributed by atoms with Crippen LogP contribution in [0.5, 0.6) is 0 Å². The molecule has 0 unspecified atom stereocenters. The second-order valence-corrected chi connectivity index (χ2v) is 7.78. The molecule has 0 aliphatic heterocycles. The fourth-order valence-electron chi connectivity index (χ4n) is 2.83. The zero-order valence-corrected chi connectivity index (χ0v) is 15.6. The lowest BCUT2D eigenvalue weighted by atomic mass is 10.0. The van der Waals surface area contributed by atoms with Gasteiger partial charge < -0.3 is 4.42 Å². The molecule has 2 heterocycles. The highest BCUT2D eigenvalue weighted by atomic mass is 35.5. The molecule has 0 spiro atoms. The van der Waals surface area contributed by atoms with Crippen LogP contribution in [0.1, 0.15) is 28.5 Å². The van der Waals surface area contributed by atoms with E-state index in [1.165, 1.54) is 4.88 Å². The van der Waals surface area contributed by atoms with Crippen molar-refractivity contribution in [2.75, 3.05) is 6.54 Å². The van der Waals surface area contributed by atoms with E-state index in [-0.39, 0.29) is 5.63 Å². The van der Waals surface area contributed by atoms with E-state index in [1.807, 2.05) is 26.0 Å². The van der Waals surface area contributed by atoms with Gasteiger partial charge in [-0.3, -0.25) is 4.90 Å². The first-order chi connectivity index (χ1) is 11.5. The van der Waals surface area contributed by atoms with Crippen molar-refractivity contribution in [2.45, 2.75) is 33.9 Å². The van der Waals surface area contributed by atoms with Crippen molar-refractivity contribution in [3.05, 3.63) is 66.7 Å². The van der Waals surface area contributed by atoms with Gasteiger partial charge in [-0.1, -0.05) is 30.7 Å². The zero-order chi connectivity index (χ0) is 17.3. The Hall–Kier alpha value is -1.62. The molecule has 24 heavy (non-hydrogen) atoms. The van der Waals surface area contributed by atoms with Crippen molar-refractivity contribution in [3.8, 4) is 0 Å². The third-order valence-corrected chi connectivity index (χ3v) is 5.58. The molecule has 5 heteroatoms. The molecule has 0 atom stereocenters. The highest BCUT2D eigenvalue weighted by molar-refractivity contribution is 7.16. The standard InChI is InChI=1S/C19H20ClNO2S/c1-4-21(11-15-6-8-17(20)24-15)10-14-9-18(22)23-19-13(3)12(2)5-7-16(14)19/h5-9H,4,10-11H2,1-3H3. The molecule has 126 valence electrons. The molecule has 3 rings (SSSR count). The highest BCUT2D eigenvalue weighted by Gasteiger charge is 2.13. The van der Waals surface area contributed by atoms with E-state index < -0.39 is 0 Å². The van der Waals surface area contributed by atoms with Crippen molar-refractivity contribution in [2.24, 2.45) is 0 Å². The van der Waals surface area contributed by atoms with Gasteiger partial charge in [0.1, 0.15) is 5.58 Å². The first-order valence-electron chi connectivity index (χ1n) is 7.97. The summed E-state index contributed by atoms with van der Waals surface area (Å²) < 4.78 is 6.26. The van der Waals surface area contributed by atoms with Gasteiger partial charge in [-0.05, 0) is 49.2 Å². The van der Waals surface area contributed by atoms with Crippen LogP contribution >= 0.6 is 22.9 Å². The van der Waals surface area contributed by atoms with Gasteiger partial charge in [-0.25, -0.2) is 4.79 Å². The monoisotopic (exact) mass is 361 g/mol. The summed E-state index contributed by atoms with van der Waals surface area (Å²) in [6.07, 6.45) is 0. The lowest BCUT2D eigenvalue weighted by molar-refractivity contribution is 0.274. The molecule has 0 saturated carbocycles. The van der Waals surface area contributed by atoms with Crippen LogP contribution in [0.25, 0.3) is 11.0 Å². The summed E-state index contributed by atoms with van der Waals surface area (Å²) in [5.41, 5.74) is 3.57. The van der Waals surface area contributed by atoms with Gasteiger partial charge >= 0.3 is 5.63 Å². The van der Waals surface area contributed by atoms with Gasteiger partial charge in [0.25, 0.3) is 0 Å². The third-order valence-electron chi connectivity index (χ3n) is 4.37. The first-order valence-corrected chi connectivity index (χ1v) is 9.17. The molecule has 0 fully saturated rings. The maximum absolute atomic E-state index is 12.0. The molecule has 3 aromatic rings. The van der Waals surface area contributed by atoms with E-state index >= 15 is 0 Å². The van der Waals surface area contributed by atoms with E-state index in [0.29, 0.717) is 12.1 Å². The van der Waals surface area contributed by atoms with Crippen molar-refractivity contribution < 1.29 is 4.42 Å². The maximum Gasteiger partial charge on any atom is 0.336 e. The van der Waals surface area contributed by atoms with Crippen LogP contribution in [0.15, 0.2) is 39.5 Å². The van der Waals surface area contributed by atoms with Crippen LogP contribution in [0, 0.1) is 13.8 Å². The molecule has 0 radical (unpaired) electrons. The molecular formula is C19H20ClNO2S. The summed E-state index contributed by atoms with van der Waals surface area (Å²) in [7, 11) is 0. The average Bonchev–Trinajstić information content (AvgIpc) is 2.95. The number of fused-ring (bicyclic) bond motifs is 1. The fraction of sp³-hybridized carbons (Fsp3) is 0.316. The fourth-order valence-corrected chi connectivity index (χ4v) is 3.96. The highest BCUT2D eigenvalue weighted by Crippen LogP contribution is 2.26. The third kappa shape index (κ3) is 3.56. The predicted molar refractivity (Wildman–Crippen MR) is 101 cm³/mol. The lowest BCUT2D eigenvalue weighted by Gasteiger charge is -2.20. The number of benzene rings is 1. The van der Waals surface area contributed by atoms with E-state index in [4.69, 9.17) is 16.0 Å². The van der Waals surface area contributed by atoms with Crippen LogP contribution in [0.4, 0.5) is 0 Å². The molecule has 3 nitrogen and oxygen atoms in total. The summed E-state index contributed by atoms with van der Waals surface area (Å²) in [5, 5.41) is 1.01. The summed E-state index contributed by atoms with van der Waals surface area (Å²) in [6, 6.07) is 9.72. The van der Waals surface area contributed by atoms with Gasteiger partial charge in [-0.15, -0.1) is 11.3 Å². The maximum atomic E-state index is 12.0. The van der Waals surface area contributed by atoms with E-state index in [2.05, 4.69) is 24.0 Å². The minimum absolute atomic E-state index is 0.290. The van der Waals surface area contributed by atoms with Crippen LogP contribution < -0.4 is 5.63 Å². The van der Waals surface area contributed by atoms with Crippen LogP contribution in [0.2, 0.25) is 4.34 Å². The Labute approximate surface area is 150 Å². The molecule has 1 aromatic carbocycles. The molecule has 0 amide bonds. The van der Waals surface area contributed by atoms with Crippen molar-refractivity contribution in [1.82, 2.24) is 4.90 Å². The quantitative estimate of drug-likeness (QED) is 0.589. The number of halogens is 1. The summed E-state index contributed by atoms with van der Waals surface area (Å²) in [5.74, 6) is 0. The van der Waals surface area contributed by atoms with Gasteiger partial charge in [0, 0.05) is 29.4 Å². The largest absolute Gasteiger partial charge is 0.422 e. The molecular weight excluding hydrogens is 342 g/mol. The summed E-state index contributed by atoms with van der Waals surface area (Å²) >= 11 is 7.62.